The summed E-state index contributed by atoms with van der Waals surface area (Å²) >= 11 is 0. The van der Waals surface area contributed by atoms with E-state index in [9.17, 15) is 14.7 Å². The number of carbonyl (C=O) groups is 2. The summed E-state index contributed by atoms with van der Waals surface area (Å²) in [5, 5.41) is 13.0. The molecule has 1 amide bonds. The first-order valence-corrected chi connectivity index (χ1v) is 8.64. The molecule has 3 rings (SSSR count). The number of nitrogens with one attached hydrogen (secondary N) is 1. The number of aromatic hydroxyl groups is 1. The molecule has 2 unspecified atom stereocenters. The van der Waals surface area contributed by atoms with E-state index in [0.717, 1.165) is 19.3 Å². The molecule has 1 aromatic rings. The topological polar surface area (TPSA) is 97.8 Å². The zero-order chi connectivity index (χ0) is 18.1. The van der Waals surface area contributed by atoms with Crippen LogP contribution < -0.4 is 10.1 Å². The number of rotatable bonds is 5. The molecule has 0 aliphatic heterocycles. The molecule has 0 radical (unpaired) electrons. The number of pyridine rings is 1. The number of hydrogen-bond donors (Lipinski definition) is 2. The number of methoxy groups -OCH3 is 1. The van der Waals surface area contributed by atoms with Crippen molar-refractivity contribution in [2.45, 2.75) is 45.3 Å². The van der Waals surface area contributed by atoms with Crippen LogP contribution >= 0.6 is 0 Å². The van der Waals surface area contributed by atoms with Gasteiger partial charge in [0, 0.05) is 18.3 Å². The molecule has 7 nitrogen and oxygen atoms in total. The maximum atomic E-state index is 12.5. The highest BCUT2D eigenvalue weighted by Crippen LogP contribution is 2.49. The van der Waals surface area contributed by atoms with E-state index in [1.165, 1.54) is 19.4 Å². The lowest BCUT2D eigenvalue weighted by Crippen LogP contribution is -2.43. The number of fused-ring (bicyclic) bond motifs is 2. The molecule has 2 N–H and O–H groups in total. The van der Waals surface area contributed by atoms with Crippen LogP contribution in [0.1, 0.15) is 43.6 Å². The number of amides is 1. The van der Waals surface area contributed by atoms with E-state index in [-0.39, 0.29) is 47.1 Å². The van der Waals surface area contributed by atoms with Gasteiger partial charge in [0.2, 0.25) is 0 Å². The van der Waals surface area contributed by atoms with Crippen LogP contribution in [-0.4, -0.2) is 41.2 Å². The molecule has 0 saturated heterocycles. The average Bonchev–Trinajstić information content (AvgIpc) is 3.14. The van der Waals surface area contributed by atoms with E-state index in [4.69, 9.17) is 9.47 Å². The fourth-order valence-electron chi connectivity index (χ4n) is 4.11. The van der Waals surface area contributed by atoms with E-state index in [1.807, 2.05) is 13.8 Å². The Kier molecular flexibility index (Phi) is 4.83. The van der Waals surface area contributed by atoms with Crippen molar-refractivity contribution in [3.8, 4) is 11.5 Å². The number of carbonyl (C=O) groups excluding carboxylic acids is 2. The van der Waals surface area contributed by atoms with Crippen LogP contribution in [0.15, 0.2) is 12.3 Å². The first-order chi connectivity index (χ1) is 11.9. The lowest BCUT2D eigenvalue weighted by molar-refractivity contribution is -0.154. The summed E-state index contributed by atoms with van der Waals surface area (Å²) in [4.78, 5) is 28.7. The summed E-state index contributed by atoms with van der Waals surface area (Å²) in [6.07, 6.45) is 3.85. The second-order valence-electron chi connectivity index (χ2n) is 7.12. The van der Waals surface area contributed by atoms with Gasteiger partial charge in [-0.05, 0) is 44.9 Å². The molecule has 25 heavy (non-hydrogen) atoms. The number of aromatic nitrogens is 1. The van der Waals surface area contributed by atoms with Crippen LogP contribution in [-0.2, 0) is 9.53 Å². The van der Waals surface area contributed by atoms with Crippen LogP contribution in [0.5, 0.6) is 11.5 Å². The highest BCUT2D eigenvalue weighted by atomic mass is 16.5. The molecule has 1 aromatic heterocycles. The van der Waals surface area contributed by atoms with Gasteiger partial charge in [0.25, 0.3) is 5.91 Å². The van der Waals surface area contributed by atoms with Gasteiger partial charge in [-0.25, -0.2) is 4.98 Å². The smallest absolute Gasteiger partial charge is 0.309 e. The maximum absolute atomic E-state index is 12.5. The van der Waals surface area contributed by atoms with Gasteiger partial charge in [-0.2, -0.15) is 0 Å². The molecule has 0 spiro atoms. The summed E-state index contributed by atoms with van der Waals surface area (Å²) < 4.78 is 10.4. The predicted octanol–water partition coefficient (Wildman–Crippen LogP) is 1.89. The van der Waals surface area contributed by atoms with Crippen molar-refractivity contribution < 1.29 is 24.2 Å². The molecular weight excluding hydrogens is 324 g/mol. The van der Waals surface area contributed by atoms with Crippen molar-refractivity contribution in [2.24, 2.45) is 17.8 Å². The normalized spacial score (nSPS) is 27.4. The maximum Gasteiger partial charge on any atom is 0.309 e. The van der Waals surface area contributed by atoms with E-state index in [2.05, 4.69) is 10.3 Å². The van der Waals surface area contributed by atoms with Crippen LogP contribution in [0.25, 0.3) is 0 Å². The Bertz CT molecular complexity index is 675. The van der Waals surface area contributed by atoms with E-state index >= 15 is 0 Å². The quantitative estimate of drug-likeness (QED) is 0.789. The Morgan fingerprint density at radius 2 is 2.08 bits per heavy atom. The number of ether oxygens (including phenoxy) is 2. The molecule has 2 aliphatic carbocycles. The van der Waals surface area contributed by atoms with Crippen LogP contribution in [0.2, 0.25) is 0 Å². The molecule has 7 heteroatoms. The van der Waals surface area contributed by atoms with Gasteiger partial charge in [-0.3, -0.25) is 9.59 Å². The Labute approximate surface area is 146 Å². The van der Waals surface area contributed by atoms with E-state index in [1.54, 1.807) is 0 Å². The Morgan fingerprint density at radius 1 is 1.32 bits per heavy atom. The third kappa shape index (κ3) is 3.41. The summed E-state index contributed by atoms with van der Waals surface area (Å²) in [5.41, 5.74) is -0.0663. The molecule has 2 fully saturated rings. The lowest BCUT2D eigenvalue weighted by Gasteiger charge is -2.29. The minimum Gasteiger partial charge on any atom is -0.503 e. The summed E-state index contributed by atoms with van der Waals surface area (Å²) in [6.45, 7) is 3.67. The molecular formula is C18H24N2O5. The van der Waals surface area contributed by atoms with Gasteiger partial charge in [0.1, 0.15) is 0 Å². The molecule has 1 heterocycles. The second-order valence-corrected chi connectivity index (χ2v) is 7.12. The van der Waals surface area contributed by atoms with Crippen LogP contribution in [0.4, 0.5) is 0 Å². The Morgan fingerprint density at radius 3 is 2.72 bits per heavy atom. The zero-order valence-electron chi connectivity index (χ0n) is 14.7. The van der Waals surface area contributed by atoms with Gasteiger partial charge in [0.15, 0.2) is 17.2 Å². The van der Waals surface area contributed by atoms with E-state index in [0.29, 0.717) is 5.92 Å². The van der Waals surface area contributed by atoms with Gasteiger partial charge in [0.05, 0.1) is 19.1 Å². The predicted molar refractivity (Wildman–Crippen MR) is 89.3 cm³/mol. The third-order valence-electron chi connectivity index (χ3n) is 5.11. The van der Waals surface area contributed by atoms with Gasteiger partial charge >= 0.3 is 5.97 Å². The lowest BCUT2D eigenvalue weighted by atomic mass is 9.85. The minimum absolute atomic E-state index is 0.0663. The zero-order valence-corrected chi connectivity index (χ0v) is 14.7. The SMILES string of the molecule is COc1ccnc(C(=O)N[C@@H]2CC3CC2[C@@H](C(=O)OC(C)C)C3)c1O. The third-order valence-corrected chi connectivity index (χ3v) is 5.11. The highest BCUT2D eigenvalue weighted by molar-refractivity contribution is 5.95. The fourth-order valence-corrected chi connectivity index (χ4v) is 4.11. The van der Waals surface area contributed by atoms with E-state index < -0.39 is 5.91 Å². The van der Waals surface area contributed by atoms with Gasteiger partial charge in [-0.1, -0.05) is 0 Å². The monoisotopic (exact) mass is 348 g/mol. The Balaban J connectivity index is 1.69. The van der Waals surface area contributed by atoms with Crippen LogP contribution in [0.3, 0.4) is 0 Å². The summed E-state index contributed by atoms with van der Waals surface area (Å²) in [7, 11) is 1.41. The van der Waals surface area contributed by atoms with Crippen LogP contribution in [0, 0.1) is 17.8 Å². The summed E-state index contributed by atoms with van der Waals surface area (Å²) in [6, 6.07) is 1.38. The van der Waals surface area contributed by atoms with Gasteiger partial charge < -0.3 is 19.9 Å². The Hall–Kier alpha value is -2.31. The summed E-state index contributed by atoms with van der Waals surface area (Å²) in [5.74, 6) is -0.375. The minimum atomic E-state index is -0.454. The van der Waals surface area contributed by atoms with Crippen molar-refractivity contribution in [3.05, 3.63) is 18.0 Å². The largest absolute Gasteiger partial charge is 0.503 e. The first kappa shape index (κ1) is 17.5. The van der Waals surface area contributed by atoms with Crippen molar-refractivity contribution in [1.82, 2.24) is 10.3 Å². The average molecular weight is 348 g/mol. The van der Waals surface area contributed by atoms with Crippen molar-refractivity contribution >= 4 is 11.9 Å². The second kappa shape index (κ2) is 6.90. The standard InChI is InChI=1S/C18H24N2O5/c1-9(2)25-18(23)12-7-10-6-11(12)13(8-10)20-17(22)15-16(21)14(24-3)4-5-19-15/h4-5,9-13,21H,6-8H2,1-3H3,(H,20,22)/t10?,11?,12-,13+/m0/s1. The van der Waals surface area contributed by atoms with Crippen molar-refractivity contribution in [2.75, 3.05) is 7.11 Å². The fraction of sp³-hybridized carbons (Fsp3) is 0.611. The first-order valence-electron chi connectivity index (χ1n) is 8.64. The highest BCUT2D eigenvalue weighted by Gasteiger charge is 2.50. The molecule has 2 saturated carbocycles. The molecule has 0 aromatic carbocycles. The number of hydrogen-bond acceptors (Lipinski definition) is 6. The number of nitrogens with zero attached hydrogens (tertiary/aromatic N) is 1. The molecule has 4 atom stereocenters. The van der Waals surface area contributed by atoms with Gasteiger partial charge in [-0.15, -0.1) is 0 Å². The molecule has 2 aliphatic rings. The number of esters is 1. The van der Waals surface area contributed by atoms with Crippen molar-refractivity contribution in [3.63, 3.8) is 0 Å². The molecule has 136 valence electrons. The molecule has 2 bridgehead atoms. The van der Waals surface area contributed by atoms with Crippen molar-refractivity contribution in [1.29, 1.82) is 0 Å².